The Labute approximate surface area is 102 Å². The summed E-state index contributed by atoms with van der Waals surface area (Å²) >= 11 is 0. The lowest BCUT2D eigenvalue weighted by molar-refractivity contribution is -0.131. The van der Waals surface area contributed by atoms with E-state index in [4.69, 9.17) is 4.74 Å². The molecule has 1 fully saturated rings. The molecule has 0 aromatic heterocycles. The van der Waals surface area contributed by atoms with Gasteiger partial charge >= 0.3 is 6.09 Å². The van der Waals surface area contributed by atoms with E-state index in [9.17, 15) is 14.7 Å². The number of aliphatic hydroxyl groups is 1. The molecule has 0 aliphatic carbocycles. The van der Waals surface area contributed by atoms with E-state index in [1.54, 1.807) is 20.8 Å². The van der Waals surface area contributed by atoms with Crippen LogP contribution in [0.25, 0.3) is 0 Å². The first-order valence-electron chi connectivity index (χ1n) is 5.97. The molecule has 0 spiro atoms. The summed E-state index contributed by atoms with van der Waals surface area (Å²) < 4.78 is 5.17. The Balaban J connectivity index is 2.80. The highest BCUT2D eigenvalue weighted by molar-refractivity contribution is 5.95. The number of rotatable bonds is 2. The van der Waals surface area contributed by atoms with E-state index < -0.39 is 17.7 Å². The minimum Gasteiger partial charge on any atom is -0.443 e. The number of carbonyl (C=O) groups excluding carboxylic acids is 2. The molecule has 5 nitrogen and oxygen atoms in total. The predicted octanol–water partition coefficient (Wildman–Crippen LogP) is 1.54. The predicted molar refractivity (Wildman–Crippen MR) is 62.4 cm³/mol. The van der Waals surface area contributed by atoms with Crippen molar-refractivity contribution in [3.05, 3.63) is 0 Å². The van der Waals surface area contributed by atoms with Gasteiger partial charge < -0.3 is 9.84 Å². The highest BCUT2D eigenvalue weighted by atomic mass is 16.6. The second-order valence-electron chi connectivity index (χ2n) is 5.37. The zero-order valence-electron chi connectivity index (χ0n) is 10.9. The molecule has 1 heterocycles. The molecule has 0 bridgehead atoms. The van der Waals surface area contributed by atoms with Crippen molar-refractivity contribution in [2.75, 3.05) is 6.61 Å². The van der Waals surface area contributed by atoms with E-state index in [0.29, 0.717) is 12.8 Å². The van der Waals surface area contributed by atoms with Crippen LogP contribution < -0.4 is 0 Å². The van der Waals surface area contributed by atoms with Gasteiger partial charge in [-0.05, 0) is 33.6 Å². The molecule has 2 atom stereocenters. The number of carbonyl (C=O) groups is 2. The normalized spacial score (nSPS) is 25.2. The minimum atomic E-state index is -0.655. The van der Waals surface area contributed by atoms with Gasteiger partial charge in [-0.2, -0.15) is 0 Å². The van der Waals surface area contributed by atoms with E-state index >= 15 is 0 Å². The third-order valence-corrected chi connectivity index (χ3v) is 2.80. The van der Waals surface area contributed by atoms with Crippen molar-refractivity contribution < 1.29 is 19.4 Å². The quantitative estimate of drug-likeness (QED) is 0.799. The fourth-order valence-corrected chi connectivity index (χ4v) is 1.96. The van der Waals surface area contributed by atoms with Gasteiger partial charge in [-0.1, -0.05) is 6.92 Å². The topological polar surface area (TPSA) is 66.8 Å². The summed E-state index contributed by atoms with van der Waals surface area (Å²) in [6.45, 7) is 6.93. The second-order valence-corrected chi connectivity index (χ2v) is 5.37. The van der Waals surface area contributed by atoms with Gasteiger partial charge in [0.1, 0.15) is 5.60 Å². The van der Waals surface area contributed by atoms with Crippen LogP contribution in [-0.2, 0) is 9.53 Å². The number of ether oxygens (including phenoxy) is 1. The van der Waals surface area contributed by atoms with Crippen molar-refractivity contribution in [2.45, 2.75) is 52.2 Å². The monoisotopic (exact) mass is 243 g/mol. The lowest BCUT2D eigenvalue weighted by Crippen LogP contribution is -2.44. The molecular weight excluding hydrogens is 222 g/mol. The van der Waals surface area contributed by atoms with Gasteiger partial charge in [0, 0.05) is 5.92 Å². The number of aliphatic hydroxyl groups excluding tert-OH is 1. The molecule has 1 N–H and O–H groups in total. The van der Waals surface area contributed by atoms with E-state index in [-0.39, 0.29) is 18.4 Å². The molecule has 1 rings (SSSR count). The number of hydrogen-bond acceptors (Lipinski definition) is 4. The summed E-state index contributed by atoms with van der Waals surface area (Å²) in [5.74, 6) is -0.416. The molecule has 5 heteroatoms. The minimum absolute atomic E-state index is 0.181. The van der Waals surface area contributed by atoms with Crippen LogP contribution in [0.15, 0.2) is 0 Å². The fraction of sp³-hybridized carbons (Fsp3) is 0.833. The maximum Gasteiger partial charge on any atom is 0.417 e. The van der Waals surface area contributed by atoms with Gasteiger partial charge in [-0.3, -0.25) is 4.79 Å². The maximum atomic E-state index is 11.9. The lowest BCUT2D eigenvalue weighted by atomic mass is 10.0. The molecular formula is C12H21NO4. The summed E-state index contributed by atoms with van der Waals surface area (Å²) in [6, 6.07) is -0.442. The molecule has 2 amide bonds. The van der Waals surface area contributed by atoms with E-state index in [0.717, 1.165) is 4.90 Å². The fourth-order valence-electron chi connectivity index (χ4n) is 1.96. The highest BCUT2D eigenvalue weighted by Crippen LogP contribution is 2.28. The first kappa shape index (κ1) is 14.0. The number of imide groups is 1. The van der Waals surface area contributed by atoms with E-state index in [1.165, 1.54) is 0 Å². The van der Waals surface area contributed by atoms with Gasteiger partial charge in [-0.15, -0.1) is 0 Å². The Kier molecular flexibility index (Phi) is 4.14. The summed E-state index contributed by atoms with van der Waals surface area (Å²) in [4.78, 5) is 24.9. The summed E-state index contributed by atoms with van der Waals surface area (Å²) in [5, 5.41) is 9.21. The van der Waals surface area contributed by atoms with Crippen LogP contribution in [0.2, 0.25) is 0 Å². The van der Waals surface area contributed by atoms with E-state index in [2.05, 4.69) is 0 Å². The smallest absolute Gasteiger partial charge is 0.417 e. The summed E-state index contributed by atoms with van der Waals surface area (Å²) in [6.07, 6.45) is 0.539. The molecule has 0 aromatic rings. The molecule has 17 heavy (non-hydrogen) atoms. The van der Waals surface area contributed by atoms with Crippen LogP contribution in [0.1, 0.15) is 40.5 Å². The average molecular weight is 243 g/mol. The van der Waals surface area contributed by atoms with Crippen LogP contribution in [0, 0.1) is 5.92 Å². The Bertz CT molecular complexity index is 308. The summed E-state index contributed by atoms with van der Waals surface area (Å²) in [7, 11) is 0. The van der Waals surface area contributed by atoms with Crippen LogP contribution in [0.4, 0.5) is 4.79 Å². The highest BCUT2D eigenvalue weighted by Gasteiger charge is 2.43. The van der Waals surface area contributed by atoms with Gasteiger partial charge in [0.05, 0.1) is 12.6 Å². The van der Waals surface area contributed by atoms with Crippen molar-refractivity contribution in [1.29, 1.82) is 0 Å². The number of likely N-dealkylation sites (tertiary alicyclic amines) is 1. The molecule has 0 aromatic carbocycles. The van der Waals surface area contributed by atoms with Crippen molar-refractivity contribution in [3.8, 4) is 0 Å². The first-order valence-corrected chi connectivity index (χ1v) is 5.97. The molecule has 1 aliphatic rings. The van der Waals surface area contributed by atoms with Crippen molar-refractivity contribution in [3.63, 3.8) is 0 Å². The third kappa shape index (κ3) is 3.19. The number of nitrogens with zero attached hydrogens (tertiary/aromatic N) is 1. The lowest BCUT2D eigenvalue weighted by Gasteiger charge is -2.26. The Morgan fingerprint density at radius 1 is 1.53 bits per heavy atom. The maximum absolute atomic E-state index is 11.9. The van der Waals surface area contributed by atoms with Crippen LogP contribution >= 0.6 is 0 Å². The molecule has 0 radical (unpaired) electrons. The number of amides is 2. The van der Waals surface area contributed by atoms with Crippen LogP contribution in [0.5, 0.6) is 0 Å². The first-order chi connectivity index (χ1) is 7.80. The van der Waals surface area contributed by atoms with Crippen molar-refractivity contribution in [2.24, 2.45) is 5.92 Å². The zero-order valence-corrected chi connectivity index (χ0v) is 10.9. The Morgan fingerprint density at radius 2 is 2.12 bits per heavy atom. The van der Waals surface area contributed by atoms with Gasteiger partial charge in [0.25, 0.3) is 0 Å². The standard InChI is InChI=1S/C12H21NO4/c1-5-8-6-9(7-14)13(10(8)15)11(16)17-12(2,3)4/h8-9,14H,5-7H2,1-4H3. The SMILES string of the molecule is CCC1CC(CO)N(C(=O)OC(C)(C)C)C1=O. The van der Waals surface area contributed by atoms with Crippen LogP contribution in [0.3, 0.4) is 0 Å². The molecule has 1 saturated heterocycles. The van der Waals surface area contributed by atoms with Crippen molar-refractivity contribution in [1.82, 2.24) is 4.90 Å². The van der Waals surface area contributed by atoms with Gasteiger partial charge in [0.15, 0.2) is 0 Å². The zero-order chi connectivity index (χ0) is 13.2. The molecule has 1 aliphatic heterocycles. The van der Waals surface area contributed by atoms with E-state index in [1.807, 2.05) is 6.92 Å². The summed E-state index contributed by atoms with van der Waals surface area (Å²) in [5.41, 5.74) is -0.637. The van der Waals surface area contributed by atoms with Crippen molar-refractivity contribution >= 4 is 12.0 Å². The van der Waals surface area contributed by atoms with Gasteiger partial charge in [-0.25, -0.2) is 9.69 Å². The Hall–Kier alpha value is -1.10. The number of hydrogen-bond donors (Lipinski definition) is 1. The molecule has 98 valence electrons. The molecule has 2 unspecified atom stereocenters. The third-order valence-electron chi connectivity index (χ3n) is 2.80. The Morgan fingerprint density at radius 3 is 2.53 bits per heavy atom. The average Bonchev–Trinajstić information content (AvgIpc) is 2.52. The van der Waals surface area contributed by atoms with Gasteiger partial charge in [0.2, 0.25) is 5.91 Å². The molecule has 0 saturated carbocycles. The second kappa shape index (κ2) is 5.04. The van der Waals surface area contributed by atoms with Crippen LogP contribution in [-0.4, -0.2) is 40.3 Å². The largest absolute Gasteiger partial charge is 0.443 e.